The van der Waals surface area contributed by atoms with Gasteiger partial charge in [0, 0.05) is 13.0 Å². The molecule has 0 aliphatic heterocycles. The van der Waals surface area contributed by atoms with Crippen molar-refractivity contribution in [3.63, 3.8) is 0 Å². The van der Waals surface area contributed by atoms with Crippen LogP contribution >= 0.6 is 0 Å². The Hall–Kier alpha value is -0.890. The van der Waals surface area contributed by atoms with E-state index in [0.29, 0.717) is 6.42 Å². The zero-order chi connectivity index (χ0) is 13.4. The molecule has 0 aliphatic rings. The predicted octanol–water partition coefficient (Wildman–Crippen LogP) is 4.38. The molecule has 18 heavy (non-hydrogen) atoms. The van der Waals surface area contributed by atoms with Gasteiger partial charge in [0.15, 0.2) is 0 Å². The van der Waals surface area contributed by atoms with Gasteiger partial charge in [-0.05, 0) is 30.4 Å². The van der Waals surface area contributed by atoms with Crippen molar-refractivity contribution in [3.8, 4) is 0 Å². The average molecular weight is 252 g/mol. The quantitative estimate of drug-likeness (QED) is 0.681. The van der Waals surface area contributed by atoms with Crippen LogP contribution in [0, 0.1) is 0 Å². The van der Waals surface area contributed by atoms with E-state index in [-0.39, 0.29) is 13.0 Å². The molecule has 1 atom stereocenters. The second-order valence-electron chi connectivity index (χ2n) is 4.95. The zero-order valence-electron chi connectivity index (χ0n) is 11.6. The minimum Gasteiger partial charge on any atom is -0.396 e. The Labute approximate surface area is 110 Å². The van der Waals surface area contributed by atoms with Gasteiger partial charge >= 0.3 is 0 Å². The van der Waals surface area contributed by atoms with Crippen LogP contribution in [0.1, 0.15) is 57.1 Å². The minimum absolute atomic E-state index is 0.0982. The highest BCUT2D eigenvalue weighted by Crippen LogP contribution is 2.35. The van der Waals surface area contributed by atoms with Crippen LogP contribution in [0.5, 0.6) is 0 Å². The maximum Gasteiger partial charge on any atom is 0.138 e. The molecule has 102 valence electrons. The van der Waals surface area contributed by atoms with E-state index >= 15 is 4.39 Å². The summed E-state index contributed by atoms with van der Waals surface area (Å²) in [5.41, 5.74) is 0.518. The number of aliphatic hydroxyl groups excluding tert-OH is 1. The molecule has 0 bridgehead atoms. The van der Waals surface area contributed by atoms with E-state index in [1.165, 1.54) is 0 Å². The van der Waals surface area contributed by atoms with Gasteiger partial charge in [0.1, 0.15) is 5.67 Å². The molecule has 0 aromatic heterocycles. The molecule has 0 aliphatic carbocycles. The molecule has 0 saturated carbocycles. The van der Waals surface area contributed by atoms with Crippen LogP contribution in [0.25, 0.3) is 0 Å². The molecule has 0 radical (unpaired) electrons. The number of aliphatic hydroxyl groups is 1. The second kappa shape index (κ2) is 7.52. The first-order valence-electron chi connectivity index (χ1n) is 7.05. The van der Waals surface area contributed by atoms with E-state index in [1.54, 1.807) is 0 Å². The van der Waals surface area contributed by atoms with E-state index in [1.807, 2.05) is 24.3 Å². The van der Waals surface area contributed by atoms with Crippen molar-refractivity contribution in [3.05, 3.63) is 35.4 Å². The van der Waals surface area contributed by atoms with Gasteiger partial charge in [-0.3, -0.25) is 0 Å². The van der Waals surface area contributed by atoms with Gasteiger partial charge in [0.2, 0.25) is 0 Å². The maximum absolute atomic E-state index is 15.0. The molecule has 0 saturated heterocycles. The molecule has 1 nitrogen and oxygen atoms in total. The molecule has 0 unspecified atom stereocenters. The third kappa shape index (κ3) is 4.09. The lowest BCUT2D eigenvalue weighted by molar-refractivity contribution is 0.0995. The molecule has 1 aromatic rings. The number of rotatable bonds is 8. The molecular weight excluding hydrogens is 227 g/mol. The van der Waals surface area contributed by atoms with E-state index in [0.717, 1.165) is 36.8 Å². The highest BCUT2D eigenvalue weighted by molar-refractivity contribution is 5.28. The SMILES string of the molecule is CCCCC[C@@](F)(CCO)c1cccc(CC)c1. The lowest BCUT2D eigenvalue weighted by Crippen LogP contribution is -2.22. The molecule has 2 heteroatoms. The number of halogens is 1. The van der Waals surface area contributed by atoms with E-state index in [4.69, 9.17) is 5.11 Å². The highest BCUT2D eigenvalue weighted by Gasteiger charge is 2.30. The van der Waals surface area contributed by atoms with Gasteiger partial charge in [-0.1, -0.05) is 51.0 Å². The number of hydrogen-bond donors (Lipinski definition) is 1. The topological polar surface area (TPSA) is 20.2 Å². The lowest BCUT2D eigenvalue weighted by atomic mass is 9.86. The van der Waals surface area contributed by atoms with Gasteiger partial charge in [-0.15, -0.1) is 0 Å². The van der Waals surface area contributed by atoms with Gasteiger partial charge in [-0.2, -0.15) is 0 Å². The molecule has 1 aromatic carbocycles. The summed E-state index contributed by atoms with van der Waals surface area (Å²) in [5.74, 6) is 0. The first-order chi connectivity index (χ1) is 8.66. The fraction of sp³-hybridized carbons (Fsp3) is 0.625. The zero-order valence-corrected chi connectivity index (χ0v) is 11.6. The standard InChI is InChI=1S/C16H25FO/c1-3-5-6-10-16(17,11-12-18)15-9-7-8-14(4-2)13-15/h7-9,13,18H,3-6,10-12H2,1-2H3/t16-/m1/s1. The Morgan fingerprint density at radius 3 is 2.56 bits per heavy atom. The normalized spacial score (nSPS) is 14.4. The Kier molecular flexibility index (Phi) is 6.34. The average Bonchev–Trinajstić information content (AvgIpc) is 2.39. The van der Waals surface area contributed by atoms with Crippen LogP contribution in [-0.4, -0.2) is 11.7 Å². The smallest absolute Gasteiger partial charge is 0.138 e. The monoisotopic (exact) mass is 252 g/mol. The summed E-state index contributed by atoms with van der Waals surface area (Å²) in [6.07, 6.45) is 4.63. The Bertz CT molecular complexity index is 351. The molecule has 0 fully saturated rings. The number of alkyl halides is 1. The fourth-order valence-electron chi connectivity index (χ4n) is 2.32. The van der Waals surface area contributed by atoms with Crippen molar-refractivity contribution in [2.45, 2.75) is 58.0 Å². The Morgan fingerprint density at radius 1 is 1.17 bits per heavy atom. The predicted molar refractivity (Wildman–Crippen MR) is 74.5 cm³/mol. The van der Waals surface area contributed by atoms with Crippen molar-refractivity contribution >= 4 is 0 Å². The molecule has 0 heterocycles. The Balaban J connectivity index is 2.86. The van der Waals surface area contributed by atoms with Gasteiger partial charge in [0.05, 0.1) is 0 Å². The van der Waals surface area contributed by atoms with Gasteiger partial charge in [0.25, 0.3) is 0 Å². The number of benzene rings is 1. The summed E-state index contributed by atoms with van der Waals surface area (Å²) in [6, 6.07) is 7.73. The van der Waals surface area contributed by atoms with Crippen molar-refractivity contribution in [2.24, 2.45) is 0 Å². The number of hydrogen-bond acceptors (Lipinski definition) is 1. The van der Waals surface area contributed by atoms with Crippen LogP contribution < -0.4 is 0 Å². The fourth-order valence-corrected chi connectivity index (χ4v) is 2.32. The van der Waals surface area contributed by atoms with Gasteiger partial charge in [-0.25, -0.2) is 4.39 Å². The summed E-state index contributed by atoms with van der Waals surface area (Å²) in [7, 11) is 0. The lowest BCUT2D eigenvalue weighted by Gasteiger charge is -2.25. The van der Waals surface area contributed by atoms with Crippen LogP contribution in [0.15, 0.2) is 24.3 Å². The van der Waals surface area contributed by atoms with Crippen LogP contribution in [0.4, 0.5) is 4.39 Å². The molecule has 1 rings (SSSR count). The molecule has 0 amide bonds. The molecular formula is C16H25FO. The summed E-state index contributed by atoms with van der Waals surface area (Å²) >= 11 is 0. The van der Waals surface area contributed by atoms with Crippen molar-refractivity contribution < 1.29 is 9.50 Å². The van der Waals surface area contributed by atoms with E-state index in [9.17, 15) is 0 Å². The number of unbranched alkanes of at least 4 members (excludes halogenated alkanes) is 2. The van der Waals surface area contributed by atoms with E-state index < -0.39 is 5.67 Å². The first-order valence-corrected chi connectivity index (χ1v) is 7.05. The van der Waals surface area contributed by atoms with Gasteiger partial charge < -0.3 is 5.11 Å². The third-order valence-electron chi connectivity index (χ3n) is 3.54. The van der Waals surface area contributed by atoms with Crippen molar-refractivity contribution in [2.75, 3.05) is 6.61 Å². The summed E-state index contributed by atoms with van der Waals surface area (Å²) < 4.78 is 15.0. The van der Waals surface area contributed by atoms with Crippen LogP contribution in [-0.2, 0) is 12.1 Å². The third-order valence-corrected chi connectivity index (χ3v) is 3.54. The van der Waals surface area contributed by atoms with Crippen LogP contribution in [0.3, 0.4) is 0 Å². The second-order valence-corrected chi connectivity index (χ2v) is 4.95. The summed E-state index contributed by atoms with van der Waals surface area (Å²) in [5, 5.41) is 9.11. The first kappa shape index (κ1) is 15.2. The maximum atomic E-state index is 15.0. The summed E-state index contributed by atoms with van der Waals surface area (Å²) in [4.78, 5) is 0. The molecule has 0 spiro atoms. The van der Waals surface area contributed by atoms with Crippen molar-refractivity contribution in [1.29, 1.82) is 0 Å². The largest absolute Gasteiger partial charge is 0.396 e. The minimum atomic E-state index is -1.37. The molecule has 1 N–H and O–H groups in total. The van der Waals surface area contributed by atoms with E-state index in [2.05, 4.69) is 13.8 Å². The van der Waals surface area contributed by atoms with Crippen LogP contribution in [0.2, 0.25) is 0 Å². The van der Waals surface area contributed by atoms with Crippen molar-refractivity contribution in [1.82, 2.24) is 0 Å². The summed E-state index contributed by atoms with van der Waals surface area (Å²) in [6.45, 7) is 4.09. The Morgan fingerprint density at radius 2 is 1.94 bits per heavy atom. The number of aryl methyl sites for hydroxylation is 1. The highest BCUT2D eigenvalue weighted by atomic mass is 19.1.